The normalized spacial score (nSPS) is 10.4. The van der Waals surface area contributed by atoms with Gasteiger partial charge in [0.25, 0.3) is 5.91 Å². The molecule has 1 aromatic heterocycles. The molecule has 0 aliphatic rings. The van der Waals surface area contributed by atoms with Gasteiger partial charge in [0, 0.05) is 11.6 Å². The van der Waals surface area contributed by atoms with Crippen molar-refractivity contribution in [3.05, 3.63) is 41.3 Å². The second kappa shape index (κ2) is 7.49. The first-order valence-electron chi connectivity index (χ1n) is 7.29. The summed E-state index contributed by atoms with van der Waals surface area (Å²) in [5, 5.41) is 3.60. The van der Waals surface area contributed by atoms with E-state index in [0.717, 1.165) is 0 Å². The highest BCUT2D eigenvalue weighted by atomic mass is 16.5. The Balaban J connectivity index is 2.03. The number of hydrogen-bond acceptors (Lipinski definition) is 6. The zero-order valence-corrected chi connectivity index (χ0v) is 13.9. The minimum atomic E-state index is -0.601. The molecule has 0 saturated carbocycles. The van der Waals surface area contributed by atoms with E-state index in [4.69, 9.17) is 14.0 Å². The molecule has 8 heteroatoms. The Morgan fingerprint density at radius 3 is 2.42 bits per heavy atom. The van der Waals surface area contributed by atoms with E-state index in [-0.39, 0.29) is 11.9 Å². The molecule has 0 spiro atoms. The van der Waals surface area contributed by atoms with E-state index >= 15 is 0 Å². The first-order chi connectivity index (χ1) is 11.4. The highest BCUT2D eigenvalue weighted by molar-refractivity contribution is 5.98. The van der Waals surface area contributed by atoms with Gasteiger partial charge in [0.2, 0.25) is 5.76 Å². The predicted octanol–water partition coefficient (Wildman–Crippen LogP) is 1.85. The summed E-state index contributed by atoms with van der Waals surface area (Å²) < 4.78 is 15.6. The van der Waals surface area contributed by atoms with E-state index in [1.807, 2.05) is 13.8 Å². The molecular weight excluding hydrogens is 314 g/mol. The minimum absolute atomic E-state index is 0.00561. The van der Waals surface area contributed by atoms with Crippen LogP contribution < -0.4 is 20.3 Å². The lowest BCUT2D eigenvalue weighted by atomic mass is 10.2. The van der Waals surface area contributed by atoms with Crippen molar-refractivity contribution in [3.8, 4) is 11.5 Å². The Hall–Kier alpha value is -3.03. The van der Waals surface area contributed by atoms with Crippen molar-refractivity contribution in [1.82, 2.24) is 16.0 Å². The summed E-state index contributed by atoms with van der Waals surface area (Å²) in [6, 6.07) is 6.19. The summed E-state index contributed by atoms with van der Waals surface area (Å²) in [7, 11) is 1.48. The van der Waals surface area contributed by atoms with Crippen molar-refractivity contribution in [2.45, 2.75) is 26.9 Å². The van der Waals surface area contributed by atoms with Crippen LogP contribution in [0.2, 0.25) is 0 Å². The molecule has 2 N–H and O–H groups in total. The van der Waals surface area contributed by atoms with Crippen molar-refractivity contribution in [2.75, 3.05) is 7.11 Å². The molecule has 0 radical (unpaired) electrons. The summed E-state index contributed by atoms with van der Waals surface area (Å²) in [5.41, 5.74) is 5.42. The summed E-state index contributed by atoms with van der Waals surface area (Å²) >= 11 is 0. The fraction of sp³-hybridized carbons (Fsp3) is 0.312. The second-order valence-corrected chi connectivity index (χ2v) is 5.27. The maximum absolute atomic E-state index is 12.1. The van der Waals surface area contributed by atoms with Crippen LogP contribution in [0.1, 0.15) is 40.5 Å². The van der Waals surface area contributed by atoms with E-state index in [2.05, 4.69) is 16.0 Å². The number of hydrogen-bond donors (Lipinski definition) is 2. The standard InChI is InChI=1S/C16H19N3O5/c1-9(2)23-12-6-5-11(8-13(12)22-4)15(20)17-18-16(21)14-7-10(3)19-24-14/h5-9H,1-4H3,(H,17,20)(H,18,21). The van der Waals surface area contributed by atoms with Gasteiger partial charge >= 0.3 is 5.91 Å². The molecule has 0 bridgehead atoms. The highest BCUT2D eigenvalue weighted by Crippen LogP contribution is 2.28. The van der Waals surface area contributed by atoms with Gasteiger partial charge < -0.3 is 14.0 Å². The lowest BCUT2D eigenvalue weighted by molar-refractivity contribution is 0.0825. The third kappa shape index (κ3) is 4.25. The number of hydrazine groups is 1. The second-order valence-electron chi connectivity index (χ2n) is 5.27. The van der Waals surface area contributed by atoms with Gasteiger partial charge in [-0.15, -0.1) is 0 Å². The number of ether oxygens (including phenoxy) is 2. The Kier molecular flexibility index (Phi) is 5.41. The highest BCUT2D eigenvalue weighted by Gasteiger charge is 2.15. The SMILES string of the molecule is COc1cc(C(=O)NNC(=O)c2cc(C)no2)ccc1OC(C)C. The molecule has 0 aliphatic carbocycles. The Bertz CT molecular complexity index is 739. The van der Waals surface area contributed by atoms with Crippen LogP contribution in [0, 0.1) is 6.92 Å². The maximum atomic E-state index is 12.1. The third-order valence-electron chi connectivity index (χ3n) is 2.93. The number of nitrogens with one attached hydrogen (secondary N) is 2. The molecule has 2 aromatic rings. The smallest absolute Gasteiger partial charge is 0.308 e. The van der Waals surface area contributed by atoms with Crippen LogP contribution >= 0.6 is 0 Å². The lowest BCUT2D eigenvalue weighted by Gasteiger charge is -2.14. The van der Waals surface area contributed by atoms with Gasteiger partial charge in [-0.1, -0.05) is 5.16 Å². The largest absolute Gasteiger partial charge is 0.493 e. The van der Waals surface area contributed by atoms with Crippen LogP contribution in [0.5, 0.6) is 11.5 Å². The van der Waals surface area contributed by atoms with Crippen LogP contribution in [0.4, 0.5) is 0 Å². The van der Waals surface area contributed by atoms with Crippen molar-refractivity contribution in [1.29, 1.82) is 0 Å². The van der Waals surface area contributed by atoms with Gasteiger partial charge in [0.15, 0.2) is 11.5 Å². The molecule has 1 heterocycles. The van der Waals surface area contributed by atoms with E-state index in [9.17, 15) is 9.59 Å². The molecule has 8 nitrogen and oxygen atoms in total. The zero-order chi connectivity index (χ0) is 17.7. The maximum Gasteiger partial charge on any atom is 0.308 e. The van der Waals surface area contributed by atoms with Gasteiger partial charge in [-0.05, 0) is 39.0 Å². The van der Waals surface area contributed by atoms with E-state index < -0.39 is 11.8 Å². The van der Waals surface area contributed by atoms with Crippen molar-refractivity contribution in [3.63, 3.8) is 0 Å². The molecular formula is C16H19N3O5. The Labute approximate surface area is 139 Å². The molecule has 0 unspecified atom stereocenters. The average Bonchev–Trinajstić information content (AvgIpc) is 2.98. The minimum Gasteiger partial charge on any atom is -0.493 e. The molecule has 0 atom stereocenters. The van der Waals surface area contributed by atoms with Crippen molar-refractivity contribution in [2.24, 2.45) is 0 Å². The summed E-state index contributed by atoms with van der Waals surface area (Å²) in [5.74, 6) is -0.144. The van der Waals surface area contributed by atoms with Crippen LogP contribution in [0.15, 0.2) is 28.8 Å². The summed E-state index contributed by atoms with van der Waals surface area (Å²) in [6.45, 7) is 5.47. The van der Waals surface area contributed by atoms with Gasteiger partial charge in [-0.2, -0.15) is 0 Å². The number of methoxy groups -OCH3 is 1. The van der Waals surface area contributed by atoms with Gasteiger partial charge in [0.1, 0.15) is 0 Å². The molecule has 0 saturated heterocycles. The van der Waals surface area contributed by atoms with E-state index in [0.29, 0.717) is 22.8 Å². The number of carbonyl (C=O) groups is 2. The van der Waals surface area contributed by atoms with Crippen molar-refractivity contribution < 1.29 is 23.6 Å². The molecule has 2 amide bonds. The van der Waals surface area contributed by atoms with Gasteiger partial charge in [0.05, 0.1) is 18.9 Å². The monoisotopic (exact) mass is 333 g/mol. The molecule has 24 heavy (non-hydrogen) atoms. The zero-order valence-electron chi connectivity index (χ0n) is 13.9. The van der Waals surface area contributed by atoms with Crippen LogP contribution in [0.3, 0.4) is 0 Å². The number of nitrogens with zero attached hydrogens (tertiary/aromatic N) is 1. The Morgan fingerprint density at radius 2 is 1.83 bits per heavy atom. The number of benzene rings is 1. The lowest BCUT2D eigenvalue weighted by Crippen LogP contribution is -2.41. The number of aryl methyl sites for hydroxylation is 1. The first kappa shape index (κ1) is 17.3. The number of rotatable bonds is 5. The molecule has 0 fully saturated rings. The molecule has 1 aromatic carbocycles. The summed E-state index contributed by atoms with van der Waals surface area (Å²) in [4.78, 5) is 23.9. The van der Waals surface area contributed by atoms with E-state index in [1.54, 1.807) is 19.1 Å². The van der Waals surface area contributed by atoms with Gasteiger partial charge in [-0.3, -0.25) is 20.4 Å². The fourth-order valence-corrected chi connectivity index (χ4v) is 1.88. The third-order valence-corrected chi connectivity index (χ3v) is 2.93. The fourth-order valence-electron chi connectivity index (χ4n) is 1.88. The molecule has 128 valence electrons. The number of carbonyl (C=O) groups excluding carboxylic acids is 2. The summed E-state index contributed by atoms with van der Waals surface area (Å²) in [6.07, 6.45) is -0.0248. The Morgan fingerprint density at radius 1 is 1.12 bits per heavy atom. The quantitative estimate of drug-likeness (QED) is 0.810. The van der Waals surface area contributed by atoms with Crippen LogP contribution in [0.25, 0.3) is 0 Å². The van der Waals surface area contributed by atoms with Crippen LogP contribution in [-0.2, 0) is 0 Å². The topological polar surface area (TPSA) is 103 Å². The average molecular weight is 333 g/mol. The molecule has 2 rings (SSSR count). The van der Waals surface area contributed by atoms with E-state index in [1.165, 1.54) is 19.2 Å². The van der Waals surface area contributed by atoms with Crippen molar-refractivity contribution >= 4 is 11.8 Å². The van der Waals surface area contributed by atoms with Gasteiger partial charge in [-0.25, -0.2) is 0 Å². The molecule has 0 aliphatic heterocycles. The number of aromatic nitrogens is 1. The number of amides is 2. The first-order valence-corrected chi connectivity index (χ1v) is 7.29. The van der Waals surface area contributed by atoms with Crippen LogP contribution in [-0.4, -0.2) is 30.2 Å². The predicted molar refractivity (Wildman–Crippen MR) is 84.9 cm³/mol.